The van der Waals surface area contributed by atoms with Crippen LogP contribution in [0.15, 0.2) is 47.7 Å². The Morgan fingerprint density at radius 1 is 1.07 bits per heavy atom. The first-order chi connectivity index (χ1) is 13.5. The number of carbonyl (C=O) groups excluding carboxylic acids is 3. The van der Waals surface area contributed by atoms with Gasteiger partial charge in [0.1, 0.15) is 12.3 Å². The lowest BCUT2D eigenvalue weighted by Gasteiger charge is -2.28. The molecule has 2 heterocycles. The molecule has 8 heteroatoms. The van der Waals surface area contributed by atoms with Crippen molar-refractivity contribution in [3.05, 3.63) is 53.4 Å². The van der Waals surface area contributed by atoms with Crippen molar-refractivity contribution in [1.82, 2.24) is 15.6 Å². The number of urea groups is 1. The predicted molar refractivity (Wildman–Crippen MR) is 101 cm³/mol. The van der Waals surface area contributed by atoms with Crippen molar-refractivity contribution in [3.63, 3.8) is 0 Å². The molecule has 1 aliphatic heterocycles. The number of nitrogens with one attached hydrogen (secondary N) is 2. The molecule has 0 saturated heterocycles. The van der Waals surface area contributed by atoms with Crippen molar-refractivity contribution in [3.8, 4) is 0 Å². The van der Waals surface area contributed by atoms with Crippen LogP contribution in [0.2, 0.25) is 0 Å². The highest BCUT2D eigenvalue weighted by Crippen LogP contribution is 2.18. The van der Waals surface area contributed by atoms with E-state index in [1.54, 1.807) is 25.1 Å². The monoisotopic (exact) mass is 383 g/mol. The number of esters is 2. The number of benzene rings is 1. The molecule has 28 heavy (non-hydrogen) atoms. The van der Waals surface area contributed by atoms with Gasteiger partial charge in [0, 0.05) is 5.39 Å². The summed E-state index contributed by atoms with van der Waals surface area (Å²) >= 11 is 0. The van der Waals surface area contributed by atoms with E-state index in [4.69, 9.17) is 9.47 Å². The molecule has 2 aromatic rings. The Morgan fingerprint density at radius 3 is 2.61 bits per heavy atom. The normalized spacial score (nSPS) is 16.4. The molecule has 8 nitrogen and oxygen atoms in total. The molecule has 0 spiro atoms. The molecule has 0 fully saturated rings. The minimum Gasteiger partial charge on any atom is -0.463 e. The van der Waals surface area contributed by atoms with Gasteiger partial charge in [0.2, 0.25) is 0 Å². The molecule has 0 aliphatic carbocycles. The van der Waals surface area contributed by atoms with Crippen LogP contribution in [0.1, 0.15) is 30.8 Å². The smallest absolute Gasteiger partial charge is 0.357 e. The lowest BCUT2D eigenvalue weighted by Crippen LogP contribution is -2.51. The topological polar surface area (TPSA) is 107 Å². The standard InChI is InChI=1S/C20H21N3O5/c1-3-13-17(19(25)27-4-2)16(23-20(26)22-13)11-28-18(24)15-10-9-12-7-5-6-8-14(12)21-15/h5-10,13H,3-4,11H2,1-2H3,(H2,22,23,26)/t13-/m1/s1. The number of hydrogen-bond acceptors (Lipinski definition) is 6. The summed E-state index contributed by atoms with van der Waals surface area (Å²) in [4.78, 5) is 40.9. The van der Waals surface area contributed by atoms with Crippen LogP contribution >= 0.6 is 0 Å². The van der Waals surface area contributed by atoms with Crippen LogP contribution in [0, 0.1) is 0 Å². The van der Waals surface area contributed by atoms with Crippen LogP contribution in [0.25, 0.3) is 10.9 Å². The second kappa shape index (κ2) is 8.51. The molecule has 0 bridgehead atoms. The fourth-order valence-electron chi connectivity index (χ4n) is 2.97. The van der Waals surface area contributed by atoms with Gasteiger partial charge in [-0.15, -0.1) is 0 Å². The van der Waals surface area contributed by atoms with Crippen LogP contribution in [-0.4, -0.2) is 42.2 Å². The number of fused-ring (bicyclic) bond motifs is 1. The number of hydrogen-bond donors (Lipinski definition) is 2. The average molecular weight is 383 g/mol. The Morgan fingerprint density at radius 2 is 1.86 bits per heavy atom. The molecule has 2 amide bonds. The average Bonchev–Trinajstić information content (AvgIpc) is 2.71. The highest BCUT2D eigenvalue weighted by Gasteiger charge is 2.32. The number of pyridine rings is 1. The van der Waals surface area contributed by atoms with E-state index in [9.17, 15) is 14.4 Å². The number of para-hydroxylation sites is 1. The number of carbonyl (C=O) groups is 3. The second-order valence-corrected chi connectivity index (χ2v) is 6.14. The molecule has 146 valence electrons. The van der Waals surface area contributed by atoms with Crippen molar-refractivity contribution >= 4 is 28.9 Å². The molecule has 1 aliphatic rings. The van der Waals surface area contributed by atoms with E-state index < -0.39 is 24.0 Å². The summed E-state index contributed by atoms with van der Waals surface area (Å²) in [5.41, 5.74) is 1.28. The first-order valence-corrected chi connectivity index (χ1v) is 9.04. The van der Waals surface area contributed by atoms with Gasteiger partial charge in [0.05, 0.1) is 29.4 Å². The van der Waals surface area contributed by atoms with Gasteiger partial charge in [0.15, 0.2) is 0 Å². The molecule has 1 atom stereocenters. The molecule has 1 aromatic heterocycles. The van der Waals surface area contributed by atoms with Crippen LogP contribution in [-0.2, 0) is 14.3 Å². The molecule has 0 unspecified atom stereocenters. The first-order valence-electron chi connectivity index (χ1n) is 9.04. The Labute approximate surface area is 161 Å². The maximum absolute atomic E-state index is 12.4. The Hall–Kier alpha value is -3.42. The van der Waals surface area contributed by atoms with Crippen LogP contribution in [0.5, 0.6) is 0 Å². The predicted octanol–water partition coefficient (Wildman–Crippen LogP) is 2.30. The van der Waals surface area contributed by atoms with E-state index in [-0.39, 0.29) is 30.2 Å². The van der Waals surface area contributed by atoms with Gasteiger partial charge in [-0.1, -0.05) is 31.2 Å². The first kappa shape index (κ1) is 19.3. The summed E-state index contributed by atoms with van der Waals surface area (Å²) in [5, 5.41) is 6.11. The summed E-state index contributed by atoms with van der Waals surface area (Å²) in [7, 11) is 0. The summed E-state index contributed by atoms with van der Waals surface area (Å²) in [6.07, 6.45) is 0.491. The molecular weight excluding hydrogens is 362 g/mol. The van der Waals surface area contributed by atoms with Gasteiger partial charge in [-0.25, -0.2) is 19.4 Å². The summed E-state index contributed by atoms with van der Waals surface area (Å²) < 4.78 is 10.4. The highest BCUT2D eigenvalue weighted by atomic mass is 16.5. The van der Waals surface area contributed by atoms with Crippen LogP contribution < -0.4 is 10.6 Å². The minimum atomic E-state index is -0.651. The van der Waals surface area contributed by atoms with Crippen molar-refractivity contribution in [2.24, 2.45) is 0 Å². The zero-order chi connectivity index (χ0) is 20.1. The van der Waals surface area contributed by atoms with E-state index in [1.165, 1.54) is 0 Å². The quantitative estimate of drug-likeness (QED) is 0.742. The maximum atomic E-state index is 12.4. The van der Waals surface area contributed by atoms with Gasteiger partial charge in [-0.3, -0.25) is 0 Å². The Bertz CT molecular complexity index is 954. The van der Waals surface area contributed by atoms with Crippen molar-refractivity contribution in [2.45, 2.75) is 26.3 Å². The fraction of sp³-hybridized carbons (Fsp3) is 0.300. The maximum Gasteiger partial charge on any atom is 0.357 e. The van der Waals surface area contributed by atoms with Crippen molar-refractivity contribution in [1.29, 1.82) is 0 Å². The third-order valence-corrected chi connectivity index (χ3v) is 4.30. The molecular formula is C20H21N3O5. The summed E-state index contributed by atoms with van der Waals surface area (Å²) in [6, 6.07) is 9.78. The molecule has 0 radical (unpaired) electrons. The van der Waals surface area contributed by atoms with Crippen molar-refractivity contribution in [2.75, 3.05) is 13.2 Å². The number of rotatable bonds is 6. The Balaban J connectivity index is 1.81. The van der Waals surface area contributed by atoms with Gasteiger partial charge < -0.3 is 20.1 Å². The zero-order valence-corrected chi connectivity index (χ0v) is 15.7. The van der Waals surface area contributed by atoms with Crippen LogP contribution in [0.3, 0.4) is 0 Å². The molecule has 3 rings (SSSR count). The SMILES string of the molecule is CCOC(=O)C1=C(COC(=O)c2ccc3ccccc3n2)NC(=O)N[C@@H]1CC. The number of nitrogens with zero attached hydrogens (tertiary/aromatic N) is 1. The highest BCUT2D eigenvalue weighted by molar-refractivity contribution is 5.95. The van der Waals surface area contributed by atoms with Gasteiger partial charge in [0.25, 0.3) is 0 Å². The van der Waals surface area contributed by atoms with E-state index in [2.05, 4.69) is 15.6 Å². The lowest BCUT2D eigenvalue weighted by molar-refractivity contribution is -0.139. The number of aromatic nitrogens is 1. The third kappa shape index (κ3) is 4.11. The zero-order valence-electron chi connectivity index (χ0n) is 15.7. The van der Waals surface area contributed by atoms with E-state index in [1.807, 2.05) is 25.1 Å². The van der Waals surface area contributed by atoms with Crippen molar-refractivity contribution < 1.29 is 23.9 Å². The van der Waals surface area contributed by atoms with Gasteiger partial charge in [-0.05, 0) is 25.5 Å². The lowest BCUT2D eigenvalue weighted by atomic mass is 10.0. The number of amides is 2. The molecule has 0 saturated carbocycles. The van der Waals surface area contributed by atoms with Gasteiger partial charge >= 0.3 is 18.0 Å². The summed E-state index contributed by atoms with van der Waals surface area (Å²) in [5.74, 6) is -1.21. The second-order valence-electron chi connectivity index (χ2n) is 6.14. The van der Waals surface area contributed by atoms with E-state index in [0.29, 0.717) is 11.9 Å². The minimum absolute atomic E-state index is 0.143. The summed E-state index contributed by atoms with van der Waals surface area (Å²) in [6.45, 7) is 3.45. The van der Waals surface area contributed by atoms with Crippen LogP contribution in [0.4, 0.5) is 4.79 Å². The largest absolute Gasteiger partial charge is 0.463 e. The molecule has 1 aromatic carbocycles. The van der Waals surface area contributed by atoms with Gasteiger partial charge in [-0.2, -0.15) is 0 Å². The Kier molecular flexibility index (Phi) is 5.88. The number of ether oxygens (including phenoxy) is 2. The third-order valence-electron chi connectivity index (χ3n) is 4.30. The fourth-order valence-corrected chi connectivity index (χ4v) is 2.97. The molecule has 2 N–H and O–H groups in total. The van der Waals surface area contributed by atoms with E-state index in [0.717, 1.165) is 5.39 Å². The van der Waals surface area contributed by atoms with E-state index >= 15 is 0 Å².